The first kappa shape index (κ1) is 21.0. The topological polar surface area (TPSA) is 79.3 Å². The molecule has 0 bridgehead atoms. The molecule has 2 amide bonds. The minimum Gasteiger partial charge on any atom is -0.504 e. The number of phenols is 1. The predicted octanol–water partition coefficient (Wildman–Crippen LogP) is 4.15. The Bertz CT molecular complexity index is 1210. The predicted molar refractivity (Wildman–Crippen MR) is 123 cm³/mol. The quantitative estimate of drug-likeness (QED) is 0.596. The molecule has 2 aliphatic heterocycles. The van der Waals surface area contributed by atoms with Gasteiger partial charge in [0, 0.05) is 0 Å². The molecule has 7 nitrogen and oxygen atoms in total. The van der Waals surface area contributed by atoms with E-state index in [9.17, 15) is 14.7 Å². The zero-order valence-electron chi connectivity index (χ0n) is 18.3. The van der Waals surface area contributed by atoms with Crippen LogP contribution in [0.15, 0.2) is 72.8 Å². The van der Waals surface area contributed by atoms with Crippen molar-refractivity contribution in [2.75, 3.05) is 16.6 Å². The second kappa shape index (κ2) is 8.26. The summed E-state index contributed by atoms with van der Waals surface area (Å²) in [6.07, 6.45) is -0.952. The number of aryl methyl sites for hydroxylation is 1. The van der Waals surface area contributed by atoms with E-state index in [-0.39, 0.29) is 17.6 Å². The van der Waals surface area contributed by atoms with Gasteiger partial charge in [-0.3, -0.25) is 14.4 Å². The van der Waals surface area contributed by atoms with Crippen LogP contribution in [0.2, 0.25) is 0 Å². The number of aromatic hydroxyl groups is 1. The van der Waals surface area contributed by atoms with Crippen molar-refractivity contribution in [2.45, 2.75) is 26.0 Å². The highest BCUT2D eigenvalue weighted by Crippen LogP contribution is 2.48. The number of anilines is 2. The largest absolute Gasteiger partial charge is 0.504 e. The number of amides is 2. The fraction of sp³-hybridized carbons (Fsp3) is 0.231. The van der Waals surface area contributed by atoms with Crippen LogP contribution in [0.5, 0.6) is 11.5 Å². The molecule has 0 saturated carbocycles. The first-order valence-corrected chi connectivity index (χ1v) is 10.9. The number of rotatable bonds is 5. The van der Waals surface area contributed by atoms with E-state index in [2.05, 4.69) is 0 Å². The molecule has 5 rings (SSSR count). The number of hydroxylamine groups is 1. The summed E-state index contributed by atoms with van der Waals surface area (Å²) in [6, 6.07) is 21.1. The average molecular weight is 444 g/mol. The number of carbonyl (C=O) groups is 2. The van der Waals surface area contributed by atoms with Crippen molar-refractivity contribution in [1.29, 1.82) is 0 Å². The van der Waals surface area contributed by atoms with Gasteiger partial charge in [-0.05, 0) is 55.3 Å². The number of phenolic OH excluding ortho intramolecular Hbond substituents is 1. The number of fused-ring (bicyclic) bond motifs is 1. The summed E-state index contributed by atoms with van der Waals surface area (Å²) in [5.74, 6) is -1.12. The summed E-state index contributed by atoms with van der Waals surface area (Å²) >= 11 is 0. The van der Waals surface area contributed by atoms with Crippen molar-refractivity contribution in [3.8, 4) is 11.5 Å². The van der Waals surface area contributed by atoms with Gasteiger partial charge < -0.3 is 9.84 Å². The first-order chi connectivity index (χ1) is 16.0. The Morgan fingerprint density at radius 1 is 0.970 bits per heavy atom. The van der Waals surface area contributed by atoms with Gasteiger partial charge in [-0.25, -0.2) is 9.96 Å². The van der Waals surface area contributed by atoms with Crippen molar-refractivity contribution >= 4 is 23.2 Å². The molecule has 3 atom stereocenters. The van der Waals surface area contributed by atoms with Crippen LogP contribution in [-0.2, 0) is 14.4 Å². The molecular formula is C26H24N2O5. The van der Waals surface area contributed by atoms with E-state index in [4.69, 9.17) is 9.57 Å². The number of hydrogen-bond donors (Lipinski definition) is 1. The van der Waals surface area contributed by atoms with E-state index in [0.29, 0.717) is 23.6 Å². The Morgan fingerprint density at radius 3 is 2.42 bits per heavy atom. The van der Waals surface area contributed by atoms with Gasteiger partial charge in [0.1, 0.15) is 5.92 Å². The molecule has 3 aromatic rings. The lowest BCUT2D eigenvalue weighted by molar-refractivity contribution is -0.126. The highest BCUT2D eigenvalue weighted by Gasteiger charge is 2.60. The van der Waals surface area contributed by atoms with Gasteiger partial charge in [0.2, 0.25) is 5.91 Å². The average Bonchev–Trinajstić information content (AvgIpc) is 3.33. The van der Waals surface area contributed by atoms with Crippen molar-refractivity contribution < 1.29 is 24.3 Å². The Kier molecular flexibility index (Phi) is 5.26. The molecule has 2 heterocycles. The van der Waals surface area contributed by atoms with E-state index >= 15 is 0 Å². The molecule has 1 N–H and O–H groups in total. The number of para-hydroxylation sites is 2. The summed E-state index contributed by atoms with van der Waals surface area (Å²) in [4.78, 5) is 34.5. The monoisotopic (exact) mass is 444 g/mol. The van der Waals surface area contributed by atoms with Crippen LogP contribution in [-0.4, -0.2) is 29.6 Å². The van der Waals surface area contributed by atoms with Gasteiger partial charge >= 0.3 is 0 Å². The molecule has 2 aliphatic rings. The van der Waals surface area contributed by atoms with Crippen LogP contribution >= 0.6 is 0 Å². The van der Waals surface area contributed by atoms with E-state index in [1.807, 2.05) is 56.3 Å². The van der Waals surface area contributed by atoms with E-state index in [0.717, 1.165) is 11.3 Å². The first-order valence-electron chi connectivity index (χ1n) is 10.9. The molecule has 0 spiro atoms. The maximum atomic E-state index is 13.7. The molecule has 0 unspecified atom stereocenters. The van der Waals surface area contributed by atoms with Crippen molar-refractivity contribution in [2.24, 2.45) is 5.92 Å². The van der Waals surface area contributed by atoms with Gasteiger partial charge in [-0.15, -0.1) is 0 Å². The van der Waals surface area contributed by atoms with Gasteiger partial charge in [-0.2, -0.15) is 0 Å². The van der Waals surface area contributed by atoms with Crippen LogP contribution in [0.25, 0.3) is 0 Å². The van der Waals surface area contributed by atoms with Gasteiger partial charge in [0.15, 0.2) is 17.6 Å². The fourth-order valence-corrected chi connectivity index (χ4v) is 4.59. The Balaban J connectivity index is 1.61. The molecule has 168 valence electrons. The number of imide groups is 1. The molecule has 0 radical (unpaired) electrons. The van der Waals surface area contributed by atoms with Gasteiger partial charge in [0.05, 0.1) is 24.0 Å². The molecule has 7 heteroatoms. The van der Waals surface area contributed by atoms with E-state index in [1.54, 1.807) is 29.3 Å². The number of hydrogen-bond acceptors (Lipinski definition) is 6. The third kappa shape index (κ3) is 3.41. The number of carbonyl (C=O) groups excluding carboxylic acids is 2. The zero-order chi connectivity index (χ0) is 23.1. The lowest BCUT2D eigenvalue weighted by Gasteiger charge is -2.29. The third-order valence-corrected chi connectivity index (χ3v) is 6.11. The lowest BCUT2D eigenvalue weighted by Crippen LogP contribution is -2.37. The summed E-state index contributed by atoms with van der Waals surface area (Å²) in [7, 11) is 0. The van der Waals surface area contributed by atoms with Crippen LogP contribution in [0.4, 0.5) is 11.4 Å². The summed E-state index contributed by atoms with van der Waals surface area (Å²) in [6.45, 7) is 4.08. The SMILES string of the molecule is CCOc1cc([C@@H]2[C@H]3C(=O)N(c4ccccc4C)C(=O)[C@@H]3ON2c2ccccc2)ccc1O. The highest BCUT2D eigenvalue weighted by molar-refractivity contribution is 6.24. The van der Waals surface area contributed by atoms with Gasteiger partial charge in [0.25, 0.3) is 5.91 Å². The summed E-state index contributed by atoms with van der Waals surface area (Å²) < 4.78 is 5.57. The minimum absolute atomic E-state index is 0.0117. The molecule has 0 aliphatic carbocycles. The molecule has 0 aromatic heterocycles. The number of ether oxygens (including phenoxy) is 1. The molecule has 2 saturated heterocycles. The van der Waals surface area contributed by atoms with Crippen LogP contribution in [0.1, 0.15) is 24.1 Å². The van der Waals surface area contributed by atoms with Crippen LogP contribution in [0, 0.1) is 12.8 Å². The summed E-state index contributed by atoms with van der Waals surface area (Å²) in [5, 5.41) is 11.8. The van der Waals surface area contributed by atoms with E-state index in [1.165, 1.54) is 11.0 Å². The Morgan fingerprint density at radius 2 is 1.70 bits per heavy atom. The smallest absolute Gasteiger partial charge is 0.266 e. The Hall–Kier alpha value is -3.84. The molecule has 3 aromatic carbocycles. The fourth-order valence-electron chi connectivity index (χ4n) is 4.59. The molecule has 2 fully saturated rings. The normalized spacial score (nSPS) is 22.1. The van der Waals surface area contributed by atoms with E-state index < -0.39 is 18.1 Å². The maximum Gasteiger partial charge on any atom is 0.266 e. The zero-order valence-corrected chi connectivity index (χ0v) is 18.3. The highest BCUT2D eigenvalue weighted by atomic mass is 16.7. The minimum atomic E-state index is -0.952. The maximum absolute atomic E-state index is 13.7. The second-order valence-electron chi connectivity index (χ2n) is 8.12. The second-order valence-corrected chi connectivity index (χ2v) is 8.12. The number of nitrogens with zero attached hydrogens (tertiary/aromatic N) is 2. The standard InChI is InChI=1S/C26H24N2O5/c1-3-32-21-15-17(13-14-20(21)29)23-22-24(33-28(23)18-10-5-4-6-11-18)26(31)27(25(22)30)19-12-8-7-9-16(19)2/h4-15,22-24,29H,3H2,1-2H3/t22-,23-,24-/m1/s1. The van der Waals surface area contributed by atoms with Crippen LogP contribution < -0.4 is 14.7 Å². The van der Waals surface area contributed by atoms with Crippen molar-refractivity contribution in [3.63, 3.8) is 0 Å². The Labute approximate surface area is 191 Å². The molecule has 33 heavy (non-hydrogen) atoms. The van der Waals surface area contributed by atoms with Gasteiger partial charge in [-0.1, -0.05) is 42.5 Å². The van der Waals surface area contributed by atoms with Crippen molar-refractivity contribution in [3.05, 3.63) is 83.9 Å². The number of benzene rings is 3. The van der Waals surface area contributed by atoms with Crippen molar-refractivity contribution in [1.82, 2.24) is 0 Å². The van der Waals surface area contributed by atoms with Crippen LogP contribution in [0.3, 0.4) is 0 Å². The summed E-state index contributed by atoms with van der Waals surface area (Å²) in [5.41, 5.74) is 2.83. The third-order valence-electron chi connectivity index (χ3n) is 6.11. The lowest BCUT2D eigenvalue weighted by atomic mass is 9.90. The molecular weight excluding hydrogens is 420 g/mol.